The van der Waals surface area contributed by atoms with E-state index in [0.717, 1.165) is 35.7 Å². The second-order valence-electron chi connectivity index (χ2n) is 5.50. The zero-order valence-electron chi connectivity index (χ0n) is 11.3. The largest absolute Gasteiger partial charge is 0.348 e. The van der Waals surface area contributed by atoms with Gasteiger partial charge in [0.2, 0.25) is 0 Å². The number of ether oxygens (including phenoxy) is 2. The third kappa shape index (κ3) is 3.22. The van der Waals surface area contributed by atoms with Crippen LogP contribution in [0.4, 0.5) is 4.39 Å². The molecule has 110 valence electrons. The second-order valence-corrected chi connectivity index (χ2v) is 6.35. The van der Waals surface area contributed by atoms with Gasteiger partial charge in [0.05, 0.1) is 13.2 Å². The van der Waals surface area contributed by atoms with E-state index in [1.807, 2.05) is 0 Å². The molecule has 1 aliphatic heterocycles. The van der Waals surface area contributed by atoms with Crippen LogP contribution in [0.3, 0.4) is 0 Å². The quantitative estimate of drug-likeness (QED) is 0.912. The van der Waals surface area contributed by atoms with Crippen molar-refractivity contribution in [2.45, 2.75) is 44.1 Å². The van der Waals surface area contributed by atoms with Gasteiger partial charge in [-0.25, -0.2) is 4.39 Å². The maximum absolute atomic E-state index is 13.2. The maximum atomic E-state index is 13.2. The van der Waals surface area contributed by atoms with E-state index < -0.39 is 0 Å². The summed E-state index contributed by atoms with van der Waals surface area (Å²) >= 11 is 3.46. The Morgan fingerprint density at radius 2 is 1.95 bits per heavy atom. The summed E-state index contributed by atoms with van der Waals surface area (Å²) in [5.41, 5.74) is 0.957. The Kier molecular flexibility index (Phi) is 4.40. The molecule has 3 nitrogen and oxygen atoms in total. The third-order valence-corrected chi connectivity index (χ3v) is 4.92. The first kappa shape index (κ1) is 14.4. The van der Waals surface area contributed by atoms with Crippen LogP contribution in [0.25, 0.3) is 0 Å². The highest BCUT2D eigenvalue weighted by Crippen LogP contribution is 2.35. The molecule has 1 aromatic carbocycles. The van der Waals surface area contributed by atoms with Crippen molar-refractivity contribution in [1.29, 1.82) is 0 Å². The minimum Gasteiger partial charge on any atom is -0.348 e. The van der Waals surface area contributed by atoms with E-state index in [4.69, 9.17) is 9.47 Å². The smallest absolute Gasteiger partial charge is 0.168 e. The molecule has 1 aliphatic carbocycles. The monoisotopic (exact) mass is 343 g/mol. The molecule has 5 heteroatoms. The SMILES string of the molecule is Fc1ccc(Br)c(CNC2CCC3(CC2)OCCO3)c1. The van der Waals surface area contributed by atoms with Crippen LogP contribution in [0.5, 0.6) is 0 Å². The molecule has 1 saturated heterocycles. The number of halogens is 2. The van der Waals surface area contributed by atoms with Crippen LogP contribution in [-0.2, 0) is 16.0 Å². The highest BCUT2D eigenvalue weighted by molar-refractivity contribution is 9.10. The summed E-state index contributed by atoms with van der Waals surface area (Å²) in [7, 11) is 0. The van der Waals surface area contributed by atoms with Gasteiger partial charge >= 0.3 is 0 Å². The van der Waals surface area contributed by atoms with Gasteiger partial charge in [0.25, 0.3) is 0 Å². The molecule has 0 aromatic heterocycles. The summed E-state index contributed by atoms with van der Waals surface area (Å²) in [6, 6.07) is 5.24. The average molecular weight is 344 g/mol. The Morgan fingerprint density at radius 1 is 1.25 bits per heavy atom. The van der Waals surface area contributed by atoms with Crippen molar-refractivity contribution in [1.82, 2.24) is 5.32 Å². The van der Waals surface area contributed by atoms with E-state index in [9.17, 15) is 4.39 Å². The molecule has 0 unspecified atom stereocenters. The molecule has 1 saturated carbocycles. The van der Waals surface area contributed by atoms with Gasteiger partial charge in [0, 0.05) is 29.9 Å². The van der Waals surface area contributed by atoms with Crippen LogP contribution in [0, 0.1) is 5.82 Å². The molecule has 1 spiro atoms. The topological polar surface area (TPSA) is 30.5 Å². The Hall–Kier alpha value is -0.490. The summed E-state index contributed by atoms with van der Waals surface area (Å²) in [6.45, 7) is 2.11. The lowest BCUT2D eigenvalue weighted by molar-refractivity contribution is -0.179. The number of hydrogen-bond acceptors (Lipinski definition) is 3. The fraction of sp³-hybridized carbons (Fsp3) is 0.600. The highest BCUT2D eigenvalue weighted by Gasteiger charge is 2.40. The number of hydrogen-bond donors (Lipinski definition) is 1. The predicted molar refractivity (Wildman–Crippen MR) is 77.8 cm³/mol. The third-order valence-electron chi connectivity index (χ3n) is 4.15. The van der Waals surface area contributed by atoms with E-state index >= 15 is 0 Å². The first-order valence-corrected chi connectivity index (χ1v) is 7.91. The van der Waals surface area contributed by atoms with E-state index in [2.05, 4.69) is 21.2 Å². The van der Waals surface area contributed by atoms with E-state index in [-0.39, 0.29) is 11.6 Å². The van der Waals surface area contributed by atoms with Crippen LogP contribution in [-0.4, -0.2) is 25.0 Å². The second kappa shape index (κ2) is 6.10. The Balaban J connectivity index is 1.51. The van der Waals surface area contributed by atoms with Crippen molar-refractivity contribution >= 4 is 15.9 Å². The molecule has 0 radical (unpaired) electrons. The predicted octanol–water partition coefficient (Wildman–Crippen LogP) is 3.36. The summed E-state index contributed by atoms with van der Waals surface area (Å²) < 4.78 is 25.6. The zero-order valence-corrected chi connectivity index (χ0v) is 12.9. The summed E-state index contributed by atoms with van der Waals surface area (Å²) in [5.74, 6) is -0.502. The van der Waals surface area contributed by atoms with E-state index in [0.29, 0.717) is 25.8 Å². The molecule has 20 heavy (non-hydrogen) atoms. The van der Waals surface area contributed by atoms with Gasteiger partial charge in [-0.2, -0.15) is 0 Å². The molecule has 0 amide bonds. The van der Waals surface area contributed by atoms with Gasteiger partial charge in [-0.3, -0.25) is 0 Å². The van der Waals surface area contributed by atoms with Crippen molar-refractivity contribution in [2.75, 3.05) is 13.2 Å². The van der Waals surface area contributed by atoms with E-state index in [1.54, 1.807) is 12.1 Å². The Morgan fingerprint density at radius 3 is 2.65 bits per heavy atom. The molecule has 3 rings (SSSR count). The normalized spacial score (nSPS) is 22.5. The number of benzene rings is 1. The minimum atomic E-state index is -0.308. The lowest BCUT2D eigenvalue weighted by Crippen LogP contribution is -2.41. The van der Waals surface area contributed by atoms with Crippen molar-refractivity contribution < 1.29 is 13.9 Å². The molecule has 2 aliphatic rings. The fourth-order valence-corrected chi connectivity index (χ4v) is 3.37. The highest BCUT2D eigenvalue weighted by atomic mass is 79.9. The summed E-state index contributed by atoms with van der Waals surface area (Å²) in [4.78, 5) is 0. The van der Waals surface area contributed by atoms with Gasteiger partial charge in [-0.05, 0) is 36.6 Å². The molecule has 0 bridgehead atoms. The van der Waals surface area contributed by atoms with Gasteiger partial charge in [-0.15, -0.1) is 0 Å². The molecule has 1 heterocycles. The van der Waals surface area contributed by atoms with E-state index in [1.165, 1.54) is 6.07 Å². The average Bonchev–Trinajstić information content (AvgIpc) is 2.90. The first-order valence-electron chi connectivity index (χ1n) is 7.12. The number of rotatable bonds is 3. The Labute approximate surface area is 127 Å². The molecular weight excluding hydrogens is 325 g/mol. The molecule has 1 N–H and O–H groups in total. The van der Waals surface area contributed by atoms with Crippen molar-refractivity contribution in [3.8, 4) is 0 Å². The fourth-order valence-electron chi connectivity index (χ4n) is 2.98. The maximum Gasteiger partial charge on any atom is 0.168 e. The summed E-state index contributed by atoms with van der Waals surface area (Å²) in [5, 5.41) is 3.50. The van der Waals surface area contributed by atoms with Crippen LogP contribution in [0.15, 0.2) is 22.7 Å². The van der Waals surface area contributed by atoms with Crippen molar-refractivity contribution in [3.05, 3.63) is 34.1 Å². The van der Waals surface area contributed by atoms with Gasteiger partial charge in [0.15, 0.2) is 5.79 Å². The van der Waals surface area contributed by atoms with Crippen LogP contribution in [0.2, 0.25) is 0 Å². The van der Waals surface area contributed by atoms with Crippen LogP contribution < -0.4 is 5.32 Å². The lowest BCUT2D eigenvalue weighted by atomic mass is 9.90. The molecular formula is C15H19BrFNO2. The van der Waals surface area contributed by atoms with Gasteiger partial charge in [0.1, 0.15) is 5.82 Å². The van der Waals surface area contributed by atoms with Gasteiger partial charge in [-0.1, -0.05) is 15.9 Å². The molecule has 2 fully saturated rings. The Bertz CT molecular complexity index is 467. The number of nitrogens with one attached hydrogen (secondary N) is 1. The molecule has 1 aromatic rings. The van der Waals surface area contributed by atoms with Crippen molar-refractivity contribution in [2.24, 2.45) is 0 Å². The lowest BCUT2D eigenvalue weighted by Gasteiger charge is -2.35. The first-order chi connectivity index (χ1) is 9.67. The minimum absolute atomic E-state index is 0.194. The molecule has 0 atom stereocenters. The standard InChI is InChI=1S/C15H19BrFNO2/c16-14-2-1-12(17)9-11(14)10-18-13-3-5-15(6-4-13)19-7-8-20-15/h1-2,9,13,18H,3-8,10H2. The van der Waals surface area contributed by atoms with Crippen LogP contribution >= 0.6 is 15.9 Å². The van der Waals surface area contributed by atoms with Gasteiger partial charge < -0.3 is 14.8 Å². The van der Waals surface area contributed by atoms with Crippen molar-refractivity contribution in [3.63, 3.8) is 0 Å². The zero-order chi connectivity index (χ0) is 14.0. The van der Waals surface area contributed by atoms with Crippen LogP contribution in [0.1, 0.15) is 31.2 Å². The summed E-state index contributed by atoms with van der Waals surface area (Å²) in [6.07, 6.45) is 3.95.